The molecular formula is C23H36N2O2. The zero-order valence-corrected chi connectivity index (χ0v) is 16.7. The Kier molecular flexibility index (Phi) is 6.69. The van der Waals surface area contributed by atoms with Gasteiger partial charge in [0.05, 0.1) is 12.7 Å². The SMILES string of the molecule is OC1C[C@@H]2CN(Cc3ccccc3OCCCCN3CCCCC3)C[C@@H]2C1. The van der Waals surface area contributed by atoms with Crippen molar-refractivity contribution < 1.29 is 9.84 Å². The van der Waals surface area contributed by atoms with E-state index in [1.807, 2.05) is 0 Å². The van der Waals surface area contributed by atoms with Gasteiger partial charge in [0, 0.05) is 25.2 Å². The molecule has 2 saturated heterocycles. The number of rotatable bonds is 8. The van der Waals surface area contributed by atoms with Crippen LogP contribution >= 0.6 is 0 Å². The molecule has 3 atom stereocenters. The van der Waals surface area contributed by atoms with E-state index < -0.39 is 0 Å². The first-order chi connectivity index (χ1) is 13.3. The monoisotopic (exact) mass is 372 g/mol. The summed E-state index contributed by atoms with van der Waals surface area (Å²) in [7, 11) is 0. The second-order valence-electron chi connectivity index (χ2n) is 8.91. The third-order valence-electron chi connectivity index (χ3n) is 6.74. The Balaban J connectivity index is 1.20. The predicted octanol–water partition coefficient (Wildman–Crippen LogP) is 3.53. The number of likely N-dealkylation sites (tertiary alicyclic amines) is 2. The standard InChI is InChI=1S/C23H36N2O2/c26-22-14-20-17-25(18-21(20)15-22)16-19-8-2-3-9-23(19)27-13-7-6-12-24-10-4-1-5-11-24/h2-3,8-9,20-22,26H,1,4-7,10-18H2/t20-,21+,22?. The number of aliphatic hydroxyl groups excluding tert-OH is 1. The quantitative estimate of drug-likeness (QED) is 0.708. The number of para-hydroxylation sites is 1. The van der Waals surface area contributed by atoms with Gasteiger partial charge in [0.2, 0.25) is 0 Å². The molecule has 27 heavy (non-hydrogen) atoms. The van der Waals surface area contributed by atoms with E-state index in [-0.39, 0.29) is 6.10 Å². The van der Waals surface area contributed by atoms with Crippen LogP contribution in [0.2, 0.25) is 0 Å². The summed E-state index contributed by atoms with van der Waals surface area (Å²) >= 11 is 0. The van der Waals surface area contributed by atoms with Crippen LogP contribution in [0, 0.1) is 11.8 Å². The topological polar surface area (TPSA) is 35.9 Å². The van der Waals surface area contributed by atoms with Crippen molar-refractivity contribution in [2.75, 3.05) is 39.3 Å². The Morgan fingerprint density at radius 1 is 0.926 bits per heavy atom. The van der Waals surface area contributed by atoms with E-state index in [4.69, 9.17) is 4.74 Å². The molecule has 0 radical (unpaired) electrons. The zero-order chi connectivity index (χ0) is 18.5. The lowest BCUT2D eigenvalue weighted by atomic mass is 10.0. The highest BCUT2D eigenvalue weighted by atomic mass is 16.5. The molecule has 0 spiro atoms. The minimum atomic E-state index is -0.0530. The van der Waals surface area contributed by atoms with Gasteiger partial charge < -0.3 is 14.7 Å². The van der Waals surface area contributed by atoms with E-state index in [1.165, 1.54) is 50.9 Å². The minimum absolute atomic E-state index is 0.0530. The Bertz CT molecular complexity index is 573. The van der Waals surface area contributed by atoms with Crippen molar-refractivity contribution in [1.82, 2.24) is 9.80 Å². The summed E-state index contributed by atoms with van der Waals surface area (Å²) in [5.74, 6) is 2.46. The fourth-order valence-corrected chi connectivity index (χ4v) is 5.31. The Labute approximate surface area is 164 Å². The molecule has 3 fully saturated rings. The van der Waals surface area contributed by atoms with E-state index in [2.05, 4.69) is 34.1 Å². The first-order valence-corrected chi connectivity index (χ1v) is 11.1. The van der Waals surface area contributed by atoms with Crippen LogP contribution in [0.4, 0.5) is 0 Å². The van der Waals surface area contributed by atoms with Crippen LogP contribution in [0.5, 0.6) is 5.75 Å². The molecule has 1 aromatic rings. The molecule has 1 saturated carbocycles. The largest absolute Gasteiger partial charge is 0.493 e. The number of hydrogen-bond donors (Lipinski definition) is 1. The van der Waals surface area contributed by atoms with Crippen molar-refractivity contribution in [1.29, 1.82) is 0 Å². The van der Waals surface area contributed by atoms with Gasteiger partial charge >= 0.3 is 0 Å². The molecule has 3 aliphatic rings. The van der Waals surface area contributed by atoms with Crippen LogP contribution in [0.1, 0.15) is 50.5 Å². The van der Waals surface area contributed by atoms with E-state index >= 15 is 0 Å². The second-order valence-corrected chi connectivity index (χ2v) is 8.91. The average molecular weight is 373 g/mol. The van der Waals surface area contributed by atoms with Crippen LogP contribution in [-0.2, 0) is 6.54 Å². The molecule has 1 N–H and O–H groups in total. The molecule has 1 unspecified atom stereocenters. The summed E-state index contributed by atoms with van der Waals surface area (Å²) in [6.45, 7) is 7.87. The van der Waals surface area contributed by atoms with E-state index in [0.717, 1.165) is 51.3 Å². The highest BCUT2D eigenvalue weighted by molar-refractivity contribution is 5.33. The number of fused-ring (bicyclic) bond motifs is 1. The van der Waals surface area contributed by atoms with Gasteiger partial charge in [-0.3, -0.25) is 4.90 Å². The highest BCUT2D eigenvalue weighted by Crippen LogP contribution is 2.38. The van der Waals surface area contributed by atoms with Gasteiger partial charge in [-0.05, 0) is 76.1 Å². The van der Waals surface area contributed by atoms with E-state index in [0.29, 0.717) is 11.8 Å². The molecule has 1 aromatic carbocycles. The molecule has 2 aliphatic heterocycles. The molecule has 4 nitrogen and oxygen atoms in total. The number of hydrogen-bond acceptors (Lipinski definition) is 4. The van der Waals surface area contributed by atoms with Gasteiger partial charge in [0.25, 0.3) is 0 Å². The van der Waals surface area contributed by atoms with E-state index in [1.54, 1.807) is 0 Å². The van der Waals surface area contributed by atoms with Crippen LogP contribution in [0.3, 0.4) is 0 Å². The van der Waals surface area contributed by atoms with Crippen molar-refractivity contribution in [3.05, 3.63) is 29.8 Å². The third-order valence-corrected chi connectivity index (χ3v) is 6.74. The second kappa shape index (κ2) is 9.40. The average Bonchev–Trinajstić information content (AvgIpc) is 3.20. The van der Waals surface area contributed by atoms with Crippen LogP contribution < -0.4 is 4.74 Å². The summed E-state index contributed by atoms with van der Waals surface area (Å²) in [6.07, 6.45) is 8.48. The van der Waals surface area contributed by atoms with E-state index in [9.17, 15) is 5.11 Å². The number of nitrogens with zero attached hydrogens (tertiary/aromatic N) is 2. The van der Waals surface area contributed by atoms with Crippen molar-refractivity contribution >= 4 is 0 Å². The summed E-state index contributed by atoms with van der Waals surface area (Å²) in [4.78, 5) is 5.17. The van der Waals surface area contributed by atoms with Crippen LogP contribution in [0.15, 0.2) is 24.3 Å². The number of ether oxygens (including phenoxy) is 1. The van der Waals surface area contributed by atoms with Crippen molar-refractivity contribution in [3.8, 4) is 5.75 Å². The fourth-order valence-electron chi connectivity index (χ4n) is 5.31. The zero-order valence-electron chi connectivity index (χ0n) is 16.7. The van der Waals surface area contributed by atoms with Gasteiger partial charge in [-0.15, -0.1) is 0 Å². The summed E-state index contributed by atoms with van der Waals surface area (Å²) in [5.41, 5.74) is 1.31. The fraction of sp³-hybridized carbons (Fsp3) is 0.739. The molecule has 1 aliphatic carbocycles. The summed E-state index contributed by atoms with van der Waals surface area (Å²) < 4.78 is 6.16. The minimum Gasteiger partial charge on any atom is -0.493 e. The maximum atomic E-state index is 9.84. The predicted molar refractivity (Wildman–Crippen MR) is 109 cm³/mol. The molecule has 0 amide bonds. The lowest BCUT2D eigenvalue weighted by Gasteiger charge is -2.26. The number of piperidine rings is 1. The van der Waals surface area contributed by atoms with Crippen LogP contribution in [-0.4, -0.2) is 60.3 Å². The maximum absolute atomic E-state index is 9.84. The van der Waals surface area contributed by atoms with Gasteiger partial charge in [0.1, 0.15) is 5.75 Å². The molecule has 2 heterocycles. The summed E-state index contributed by atoms with van der Waals surface area (Å²) in [5, 5.41) is 9.84. The van der Waals surface area contributed by atoms with Gasteiger partial charge in [-0.2, -0.15) is 0 Å². The first-order valence-electron chi connectivity index (χ1n) is 11.1. The molecule has 4 heteroatoms. The Hall–Kier alpha value is -1.10. The van der Waals surface area contributed by atoms with Gasteiger partial charge in [-0.25, -0.2) is 0 Å². The molecule has 4 rings (SSSR count). The Morgan fingerprint density at radius 3 is 2.44 bits per heavy atom. The maximum Gasteiger partial charge on any atom is 0.123 e. The molecule has 0 bridgehead atoms. The lowest BCUT2D eigenvalue weighted by Crippen LogP contribution is -2.30. The van der Waals surface area contributed by atoms with Gasteiger partial charge in [-0.1, -0.05) is 24.6 Å². The van der Waals surface area contributed by atoms with Crippen molar-refractivity contribution in [3.63, 3.8) is 0 Å². The third kappa shape index (κ3) is 5.24. The smallest absolute Gasteiger partial charge is 0.123 e. The molecule has 150 valence electrons. The van der Waals surface area contributed by atoms with Crippen molar-refractivity contribution in [2.24, 2.45) is 11.8 Å². The highest BCUT2D eigenvalue weighted by Gasteiger charge is 2.40. The van der Waals surface area contributed by atoms with Crippen LogP contribution in [0.25, 0.3) is 0 Å². The number of aliphatic hydroxyl groups is 1. The van der Waals surface area contributed by atoms with Gasteiger partial charge in [0.15, 0.2) is 0 Å². The molecular weight excluding hydrogens is 336 g/mol. The normalized spacial score (nSPS) is 29.1. The molecule has 0 aromatic heterocycles. The van der Waals surface area contributed by atoms with Crippen molar-refractivity contribution in [2.45, 2.75) is 57.6 Å². The first kappa shape index (κ1) is 19.2. The summed E-state index contributed by atoms with van der Waals surface area (Å²) in [6, 6.07) is 8.55. The number of unbranched alkanes of at least 4 members (excludes halogenated alkanes) is 1. The lowest BCUT2D eigenvalue weighted by molar-refractivity contribution is 0.160. The Morgan fingerprint density at radius 2 is 1.67 bits per heavy atom. The number of benzene rings is 1.